The molecule has 0 radical (unpaired) electrons. The number of nitrogens with zero attached hydrogens (tertiary/aromatic N) is 5. The van der Waals surface area contributed by atoms with Crippen molar-refractivity contribution in [1.29, 1.82) is 5.26 Å². The molecule has 5 heteroatoms. The molecule has 0 amide bonds. The number of piperazine rings is 1. The van der Waals surface area contributed by atoms with E-state index in [1.54, 1.807) is 0 Å². The highest BCUT2D eigenvalue weighted by molar-refractivity contribution is 5.75. The molecule has 0 spiro atoms. The smallest absolute Gasteiger partial charge is 0.147 e. The zero-order valence-corrected chi connectivity index (χ0v) is 12.2. The number of anilines is 1. The van der Waals surface area contributed by atoms with Crippen LogP contribution in [0.1, 0.15) is 13.3 Å². The maximum atomic E-state index is 9.15. The molecule has 1 aromatic heterocycles. The minimum atomic E-state index is 0.0369. The summed E-state index contributed by atoms with van der Waals surface area (Å²) in [5, 5.41) is 9.15. The molecule has 0 saturated carbocycles. The van der Waals surface area contributed by atoms with Gasteiger partial charge in [0, 0.05) is 26.2 Å². The van der Waals surface area contributed by atoms with Crippen molar-refractivity contribution < 1.29 is 0 Å². The molecule has 5 nitrogen and oxygen atoms in total. The average molecular weight is 281 g/mol. The Bertz CT molecular complexity index is 655. The predicted octanol–water partition coefficient (Wildman–Crippen LogP) is 2.05. The SMILES string of the molecule is CCC(C#N)N1CCN(c2cnc3ccccc3n2)CC1. The number of hydrogen-bond donors (Lipinski definition) is 0. The first-order valence-corrected chi connectivity index (χ1v) is 7.42. The van der Waals surface area contributed by atoms with Crippen LogP contribution in [-0.4, -0.2) is 47.1 Å². The second-order valence-electron chi connectivity index (χ2n) is 5.29. The van der Waals surface area contributed by atoms with Crippen LogP contribution in [-0.2, 0) is 0 Å². The van der Waals surface area contributed by atoms with Gasteiger partial charge in [0.2, 0.25) is 0 Å². The molecular formula is C16H19N5. The lowest BCUT2D eigenvalue weighted by atomic mass is 10.2. The number of hydrogen-bond acceptors (Lipinski definition) is 5. The average Bonchev–Trinajstić information content (AvgIpc) is 2.56. The van der Waals surface area contributed by atoms with Gasteiger partial charge in [-0.15, -0.1) is 0 Å². The molecule has 1 atom stereocenters. The van der Waals surface area contributed by atoms with Gasteiger partial charge in [-0.25, -0.2) is 4.98 Å². The third-order valence-electron chi connectivity index (χ3n) is 4.05. The standard InChI is InChI=1S/C16H19N5/c1-2-13(11-17)20-7-9-21(10-8-20)16-12-18-14-5-3-4-6-15(14)19-16/h3-6,12-13H,2,7-10H2,1H3. The minimum Gasteiger partial charge on any atom is -0.353 e. The summed E-state index contributed by atoms with van der Waals surface area (Å²) in [6.07, 6.45) is 2.73. The molecule has 2 aromatic rings. The van der Waals surface area contributed by atoms with E-state index in [9.17, 15) is 0 Å². The normalized spacial score (nSPS) is 17.6. The van der Waals surface area contributed by atoms with Gasteiger partial charge in [0.1, 0.15) is 5.82 Å². The fourth-order valence-electron chi connectivity index (χ4n) is 2.79. The molecule has 1 aromatic carbocycles. The summed E-state index contributed by atoms with van der Waals surface area (Å²) < 4.78 is 0. The lowest BCUT2D eigenvalue weighted by molar-refractivity contribution is 0.216. The highest BCUT2D eigenvalue weighted by Crippen LogP contribution is 2.18. The van der Waals surface area contributed by atoms with Crippen molar-refractivity contribution in [3.8, 4) is 6.07 Å². The van der Waals surface area contributed by atoms with E-state index in [0.717, 1.165) is 49.5 Å². The van der Waals surface area contributed by atoms with E-state index in [4.69, 9.17) is 5.26 Å². The van der Waals surface area contributed by atoms with E-state index >= 15 is 0 Å². The Morgan fingerprint density at radius 1 is 1.19 bits per heavy atom. The van der Waals surface area contributed by atoms with Gasteiger partial charge in [-0.2, -0.15) is 5.26 Å². The van der Waals surface area contributed by atoms with Crippen molar-refractivity contribution in [3.05, 3.63) is 30.5 Å². The molecule has 1 aliphatic rings. The van der Waals surface area contributed by atoms with Crippen LogP contribution in [0.15, 0.2) is 30.5 Å². The summed E-state index contributed by atoms with van der Waals surface area (Å²) in [4.78, 5) is 13.7. The summed E-state index contributed by atoms with van der Waals surface area (Å²) >= 11 is 0. The van der Waals surface area contributed by atoms with Crippen LogP contribution < -0.4 is 4.90 Å². The van der Waals surface area contributed by atoms with Crippen LogP contribution >= 0.6 is 0 Å². The van der Waals surface area contributed by atoms with Crippen LogP contribution in [0, 0.1) is 11.3 Å². The van der Waals surface area contributed by atoms with Gasteiger partial charge < -0.3 is 4.90 Å². The van der Waals surface area contributed by atoms with E-state index < -0.39 is 0 Å². The summed E-state index contributed by atoms with van der Waals surface area (Å²) in [5.74, 6) is 0.929. The van der Waals surface area contributed by atoms with Crippen LogP contribution in [0.25, 0.3) is 11.0 Å². The molecule has 0 bridgehead atoms. The van der Waals surface area contributed by atoms with Gasteiger partial charge in [0.15, 0.2) is 0 Å². The molecular weight excluding hydrogens is 262 g/mol. The number of fused-ring (bicyclic) bond motifs is 1. The van der Waals surface area contributed by atoms with Crippen LogP contribution in [0.4, 0.5) is 5.82 Å². The Labute approximate surface area is 124 Å². The summed E-state index contributed by atoms with van der Waals surface area (Å²) in [5.41, 5.74) is 1.86. The summed E-state index contributed by atoms with van der Waals surface area (Å²) in [6.45, 7) is 5.66. The van der Waals surface area contributed by atoms with E-state index in [0.29, 0.717) is 0 Å². The third kappa shape index (κ3) is 2.81. The van der Waals surface area contributed by atoms with E-state index in [2.05, 4.69) is 32.8 Å². The van der Waals surface area contributed by atoms with Crippen molar-refractivity contribution >= 4 is 16.9 Å². The molecule has 108 valence electrons. The van der Waals surface area contributed by atoms with E-state index in [1.165, 1.54) is 0 Å². The first-order chi connectivity index (χ1) is 10.3. The van der Waals surface area contributed by atoms with Crippen molar-refractivity contribution in [3.63, 3.8) is 0 Å². The van der Waals surface area contributed by atoms with Gasteiger partial charge in [-0.1, -0.05) is 19.1 Å². The quantitative estimate of drug-likeness (QED) is 0.862. The number of para-hydroxylation sites is 2. The molecule has 1 aliphatic heterocycles. The highest BCUT2D eigenvalue weighted by Gasteiger charge is 2.23. The number of aromatic nitrogens is 2. The van der Waals surface area contributed by atoms with Crippen LogP contribution in [0.3, 0.4) is 0 Å². The molecule has 0 N–H and O–H groups in total. The van der Waals surface area contributed by atoms with Crippen LogP contribution in [0.2, 0.25) is 0 Å². The molecule has 21 heavy (non-hydrogen) atoms. The van der Waals surface area contributed by atoms with Gasteiger partial charge in [0.05, 0.1) is 29.3 Å². The van der Waals surface area contributed by atoms with Crippen molar-refractivity contribution in [2.75, 3.05) is 31.1 Å². The lowest BCUT2D eigenvalue weighted by Crippen LogP contribution is -2.50. The largest absolute Gasteiger partial charge is 0.353 e. The number of nitriles is 1. The Morgan fingerprint density at radius 3 is 2.57 bits per heavy atom. The molecule has 3 rings (SSSR count). The monoisotopic (exact) mass is 281 g/mol. The van der Waals surface area contributed by atoms with Crippen molar-refractivity contribution in [1.82, 2.24) is 14.9 Å². The molecule has 0 aliphatic carbocycles. The number of benzene rings is 1. The zero-order valence-electron chi connectivity index (χ0n) is 12.2. The Kier molecular flexibility index (Phi) is 3.98. The van der Waals surface area contributed by atoms with E-state index in [-0.39, 0.29) is 6.04 Å². The molecule has 1 unspecified atom stereocenters. The first kappa shape index (κ1) is 13.8. The fraction of sp³-hybridized carbons (Fsp3) is 0.438. The van der Waals surface area contributed by atoms with Gasteiger partial charge in [0.25, 0.3) is 0 Å². The third-order valence-corrected chi connectivity index (χ3v) is 4.05. The first-order valence-electron chi connectivity index (χ1n) is 7.42. The minimum absolute atomic E-state index is 0.0369. The van der Waals surface area contributed by atoms with Crippen molar-refractivity contribution in [2.24, 2.45) is 0 Å². The molecule has 2 heterocycles. The second kappa shape index (κ2) is 6.06. The van der Waals surface area contributed by atoms with Crippen LogP contribution in [0.5, 0.6) is 0 Å². The van der Waals surface area contributed by atoms with Gasteiger partial charge in [-0.05, 0) is 18.6 Å². The van der Waals surface area contributed by atoms with E-state index in [1.807, 2.05) is 30.5 Å². The van der Waals surface area contributed by atoms with Gasteiger partial charge >= 0.3 is 0 Å². The van der Waals surface area contributed by atoms with Crippen molar-refractivity contribution in [2.45, 2.75) is 19.4 Å². The Morgan fingerprint density at radius 2 is 1.90 bits per heavy atom. The topological polar surface area (TPSA) is 56.1 Å². The second-order valence-corrected chi connectivity index (χ2v) is 5.29. The lowest BCUT2D eigenvalue weighted by Gasteiger charge is -2.37. The fourth-order valence-corrected chi connectivity index (χ4v) is 2.79. The highest BCUT2D eigenvalue weighted by atomic mass is 15.3. The predicted molar refractivity (Wildman–Crippen MR) is 83.0 cm³/mol. The maximum Gasteiger partial charge on any atom is 0.147 e. The molecule has 1 fully saturated rings. The Hall–Kier alpha value is -2.19. The summed E-state index contributed by atoms with van der Waals surface area (Å²) in [6, 6.07) is 10.3. The molecule has 1 saturated heterocycles. The zero-order chi connectivity index (χ0) is 14.7. The summed E-state index contributed by atoms with van der Waals surface area (Å²) in [7, 11) is 0. The maximum absolute atomic E-state index is 9.15. The van der Waals surface area contributed by atoms with Gasteiger partial charge in [-0.3, -0.25) is 9.88 Å². The number of rotatable bonds is 3. The Balaban J connectivity index is 1.72.